The minimum atomic E-state index is -3.21. The Balaban J connectivity index is 1.54. The van der Waals surface area contributed by atoms with E-state index in [1.54, 1.807) is 27.6 Å². The molecule has 0 N–H and O–H groups in total. The maximum absolute atomic E-state index is 12.7. The van der Waals surface area contributed by atoms with Gasteiger partial charge >= 0.3 is 0 Å². The van der Waals surface area contributed by atoms with E-state index in [1.807, 2.05) is 0 Å². The largest absolute Gasteiger partial charge is 0.469 e. The van der Waals surface area contributed by atoms with Crippen molar-refractivity contribution < 1.29 is 17.6 Å². The number of piperidine rings is 2. The zero-order valence-corrected chi connectivity index (χ0v) is 14.1. The van der Waals surface area contributed by atoms with E-state index in [9.17, 15) is 13.2 Å². The van der Waals surface area contributed by atoms with Crippen LogP contribution in [0.25, 0.3) is 0 Å². The van der Waals surface area contributed by atoms with Gasteiger partial charge in [0.1, 0.15) is 5.76 Å². The van der Waals surface area contributed by atoms with Crippen molar-refractivity contribution in [2.24, 2.45) is 0 Å². The highest BCUT2D eigenvalue weighted by Crippen LogP contribution is 2.24. The lowest BCUT2D eigenvalue weighted by Gasteiger charge is -2.35. The van der Waals surface area contributed by atoms with Gasteiger partial charge in [0.2, 0.25) is 15.9 Å². The summed E-state index contributed by atoms with van der Waals surface area (Å²) in [5.74, 6) is 0.659. The van der Waals surface area contributed by atoms with Crippen molar-refractivity contribution in [3.63, 3.8) is 0 Å². The minimum absolute atomic E-state index is 0.00812. The first kappa shape index (κ1) is 16.5. The van der Waals surface area contributed by atoms with Gasteiger partial charge in [-0.1, -0.05) is 6.42 Å². The fraction of sp³-hybridized carbons (Fsp3) is 0.688. The van der Waals surface area contributed by atoms with E-state index in [0.29, 0.717) is 44.8 Å². The van der Waals surface area contributed by atoms with Gasteiger partial charge < -0.3 is 9.32 Å². The molecule has 0 bridgehead atoms. The maximum atomic E-state index is 12.7. The fourth-order valence-electron chi connectivity index (χ4n) is 3.41. The lowest BCUT2D eigenvalue weighted by Crippen LogP contribution is -2.48. The smallest absolute Gasteiger partial charge is 0.230 e. The van der Waals surface area contributed by atoms with Crippen LogP contribution in [0.15, 0.2) is 22.8 Å². The molecule has 1 amide bonds. The topological polar surface area (TPSA) is 70.8 Å². The number of carbonyl (C=O) groups excluding carboxylic acids is 1. The predicted octanol–water partition coefficient (Wildman–Crippen LogP) is 1.63. The predicted molar refractivity (Wildman–Crippen MR) is 86.4 cm³/mol. The van der Waals surface area contributed by atoms with E-state index in [2.05, 4.69) is 0 Å². The summed E-state index contributed by atoms with van der Waals surface area (Å²) in [5.41, 5.74) is 0. The van der Waals surface area contributed by atoms with Crippen LogP contribution >= 0.6 is 0 Å². The van der Waals surface area contributed by atoms with Crippen molar-refractivity contribution in [2.45, 2.75) is 43.8 Å². The van der Waals surface area contributed by atoms with Gasteiger partial charge in [0.25, 0.3) is 0 Å². The van der Waals surface area contributed by atoms with Crippen LogP contribution < -0.4 is 0 Å². The standard InChI is InChI=1S/C16H24N2O4S/c19-16(13-14-5-4-12-22-14)17-10-6-15(7-11-17)23(20,21)18-8-2-1-3-9-18/h4-5,12,15H,1-3,6-11,13H2. The van der Waals surface area contributed by atoms with Gasteiger partial charge in [-0.15, -0.1) is 0 Å². The Bertz CT molecular complexity index is 613. The van der Waals surface area contributed by atoms with Gasteiger partial charge in [0, 0.05) is 26.2 Å². The third kappa shape index (κ3) is 3.77. The van der Waals surface area contributed by atoms with E-state index >= 15 is 0 Å². The SMILES string of the molecule is O=C(Cc1ccco1)N1CCC(S(=O)(=O)N2CCCCC2)CC1. The second-order valence-corrected chi connectivity index (χ2v) is 8.55. The lowest BCUT2D eigenvalue weighted by molar-refractivity contribution is -0.131. The summed E-state index contributed by atoms with van der Waals surface area (Å²) in [4.78, 5) is 14.0. The Morgan fingerprint density at radius 1 is 1.13 bits per heavy atom. The summed E-state index contributed by atoms with van der Waals surface area (Å²) in [7, 11) is -3.21. The molecule has 0 atom stereocenters. The molecule has 2 saturated heterocycles. The van der Waals surface area contributed by atoms with Crippen molar-refractivity contribution in [1.82, 2.24) is 9.21 Å². The van der Waals surface area contributed by atoms with Crippen molar-refractivity contribution in [1.29, 1.82) is 0 Å². The van der Waals surface area contributed by atoms with Crippen LogP contribution in [0, 0.1) is 0 Å². The van der Waals surface area contributed by atoms with Crippen molar-refractivity contribution in [3.05, 3.63) is 24.2 Å². The maximum Gasteiger partial charge on any atom is 0.230 e. The number of amides is 1. The molecule has 128 valence electrons. The quantitative estimate of drug-likeness (QED) is 0.835. The van der Waals surface area contributed by atoms with E-state index in [0.717, 1.165) is 19.3 Å². The van der Waals surface area contributed by atoms with Gasteiger partial charge in [-0.25, -0.2) is 12.7 Å². The first-order valence-corrected chi connectivity index (χ1v) is 9.87. The van der Waals surface area contributed by atoms with Crippen molar-refractivity contribution in [2.75, 3.05) is 26.2 Å². The number of nitrogens with zero attached hydrogens (tertiary/aromatic N) is 2. The molecule has 7 heteroatoms. The molecule has 0 saturated carbocycles. The lowest BCUT2D eigenvalue weighted by atomic mass is 10.1. The number of rotatable bonds is 4. The molecule has 3 heterocycles. The Kier molecular flexibility index (Phi) is 5.06. The van der Waals surface area contributed by atoms with Crippen LogP contribution in [0.1, 0.15) is 37.9 Å². The van der Waals surface area contributed by atoms with Gasteiger partial charge in [-0.2, -0.15) is 0 Å². The average Bonchev–Trinajstić information content (AvgIpc) is 3.09. The summed E-state index contributed by atoms with van der Waals surface area (Å²) in [6.45, 7) is 2.33. The van der Waals surface area contributed by atoms with Gasteiger partial charge in [-0.3, -0.25) is 4.79 Å². The molecule has 0 aliphatic carbocycles. The first-order chi connectivity index (χ1) is 11.1. The monoisotopic (exact) mass is 340 g/mol. The number of sulfonamides is 1. The molecule has 0 radical (unpaired) electrons. The molecule has 2 aliphatic heterocycles. The Morgan fingerprint density at radius 3 is 2.43 bits per heavy atom. The highest BCUT2D eigenvalue weighted by atomic mass is 32.2. The molecule has 1 aromatic rings. The van der Waals surface area contributed by atoms with Gasteiger partial charge in [0.05, 0.1) is 17.9 Å². The second-order valence-electron chi connectivity index (χ2n) is 6.34. The minimum Gasteiger partial charge on any atom is -0.469 e. The molecule has 6 nitrogen and oxygen atoms in total. The van der Waals surface area contributed by atoms with Gasteiger partial charge in [0.15, 0.2) is 0 Å². The van der Waals surface area contributed by atoms with Crippen LogP contribution in [0.2, 0.25) is 0 Å². The van der Waals surface area contributed by atoms with E-state index in [4.69, 9.17) is 4.42 Å². The van der Waals surface area contributed by atoms with E-state index in [1.165, 1.54) is 0 Å². The number of hydrogen-bond acceptors (Lipinski definition) is 4. The molecule has 0 spiro atoms. The summed E-state index contributed by atoms with van der Waals surface area (Å²) < 4.78 is 32.2. The summed E-state index contributed by atoms with van der Waals surface area (Å²) in [5, 5.41) is -0.340. The molecular formula is C16H24N2O4S. The van der Waals surface area contributed by atoms with E-state index in [-0.39, 0.29) is 17.6 Å². The number of furan rings is 1. The van der Waals surface area contributed by atoms with Crippen LogP contribution in [0.5, 0.6) is 0 Å². The molecule has 2 fully saturated rings. The zero-order chi connectivity index (χ0) is 16.3. The molecule has 2 aliphatic rings. The van der Waals surface area contributed by atoms with Crippen LogP contribution in [-0.2, 0) is 21.2 Å². The normalized spacial score (nSPS) is 21.5. The molecule has 3 rings (SSSR count). The zero-order valence-electron chi connectivity index (χ0n) is 13.3. The summed E-state index contributed by atoms with van der Waals surface area (Å²) in [6.07, 6.45) is 5.90. The van der Waals surface area contributed by atoms with Crippen molar-refractivity contribution in [3.8, 4) is 0 Å². The number of likely N-dealkylation sites (tertiary alicyclic amines) is 1. The molecular weight excluding hydrogens is 316 g/mol. The first-order valence-electron chi connectivity index (χ1n) is 8.36. The number of carbonyl (C=O) groups is 1. The molecule has 0 unspecified atom stereocenters. The third-order valence-electron chi connectivity index (χ3n) is 4.80. The molecule has 23 heavy (non-hydrogen) atoms. The van der Waals surface area contributed by atoms with Crippen molar-refractivity contribution >= 4 is 15.9 Å². The summed E-state index contributed by atoms with van der Waals surface area (Å²) >= 11 is 0. The van der Waals surface area contributed by atoms with E-state index < -0.39 is 10.0 Å². The Labute approximate surface area is 137 Å². The molecule has 0 aromatic carbocycles. The Hall–Kier alpha value is -1.34. The highest BCUT2D eigenvalue weighted by Gasteiger charge is 2.36. The summed E-state index contributed by atoms with van der Waals surface area (Å²) in [6, 6.07) is 3.55. The van der Waals surface area contributed by atoms with Crippen LogP contribution in [0.4, 0.5) is 0 Å². The van der Waals surface area contributed by atoms with Crippen LogP contribution in [0.3, 0.4) is 0 Å². The number of hydrogen-bond donors (Lipinski definition) is 0. The average molecular weight is 340 g/mol. The van der Waals surface area contributed by atoms with Crippen LogP contribution in [-0.4, -0.2) is 55.0 Å². The second kappa shape index (κ2) is 7.05. The molecule has 1 aromatic heterocycles. The highest BCUT2D eigenvalue weighted by molar-refractivity contribution is 7.89. The fourth-order valence-corrected chi connectivity index (χ4v) is 5.40. The van der Waals surface area contributed by atoms with Gasteiger partial charge in [-0.05, 0) is 37.8 Å². The third-order valence-corrected chi connectivity index (χ3v) is 7.20. The Morgan fingerprint density at radius 2 is 1.83 bits per heavy atom.